The predicted molar refractivity (Wildman–Crippen MR) is 67.1 cm³/mol. The van der Waals surface area contributed by atoms with Crippen LogP contribution in [-0.2, 0) is 4.79 Å². The van der Waals surface area contributed by atoms with Crippen LogP contribution in [0.1, 0.15) is 45.4 Å². The highest BCUT2D eigenvalue weighted by Gasteiger charge is 2.47. The Kier molecular flexibility index (Phi) is 4.05. The normalized spacial score (nSPS) is 28.6. The van der Waals surface area contributed by atoms with E-state index in [2.05, 4.69) is 17.1 Å². The summed E-state index contributed by atoms with van der Waals surface area (Å²) >= 11 is 0. The highest BCUT2D eigenvalue weighted by molar-refractivity contribution is 5.69. The van der Waals surface area contributed by atoms with Crippen LogP contribution in [0.4, 0.5) is 0 Å². The molecule has 2 N–H and O–H groups in total. The first kappa shape index (κ1) is 12.8. The minimum absolute atomic E-state index is 0.0912. The molecular weight excluding hydrogens is 216 g/mol. The first-order valence-electron chi connectivity index (χ1n) is 6.87. The lowest BCUT2D eigenvalue weighted by Gasteiger charge is -2.54. The third-order valence-corrected chi connectivity index (χ3v) is 4.25. The molecule has 2 aliphatic heterocycles. The van der Waals surface area contributed by atoms with E-state index >= 15 is 0 Å². The van der Waals surface area contributed by atoms with E-state index in [-0.39, 0.29) is 5.54 Å². The number of aliphatic carboxylic acids is 1. The third kappa shape index (κ3) is 2.63. The molecule has 1 atom stereocenters. The van der Waals surface area contributed by atoms with Gasteiger partial charge in [-0.1, -0.05) is 19.8 Å². The van der Waals surface area contributed by atoms with Gasteiger partial charge in [0.2, 0.25) is 0 Å². The number of nitrogens with one attached hydrogen (secondary N) is 1. The van der Waals surface area contributed by atoms with Gasteiger partial charge in [-0.25, -0.2) is 0 Å². The van der Waals surface area contributed by atoms with Crippen LogP contribution in [0.2, 0.25) is 0 Å². The number of hydrogen-bond donors (Lipinski definition) is 2. The van der Waals surface area contributed by atoms with Gasteiger partial charge in [-0.2, -0.15) is 0 Å². The molecule has 0 aromatic rings. The first-order valence-corrected chi connectivity index (χ1v) is 6.87. The average molecular weight is 240 g/mol. The standard InChI is InChI=1S/C13H24N2O2/c1-2-5-11-6-3-4-7-15(11)13(8-12(16)17)9-14-10-13/h11,14H,2-10H2,1H3,(H,16,17). The summed E-state index contributed by atoms with van der Waals surface area (Å²) in [5, 5.41) is 12.4. The van der Waals surface area contributed by atoms with Gasteiger partial charge >= 0.3 is 5.97 Å². The number of carboxylic acids is 1. The van der Waals surface area contributed by atoms with Crippen molar-refractivity contribution in [3.8, 4) is 0 Å². The molecule has 0 aromatic carbocycles. The highest BCUT2D eigenvalue weighted by Crippen LogP contribution is 2.33. The van der Waals surface area contributed by atoms with E-state index in [9.17, 15) is 4.79 Å². The van der Waals surface area contributed by atoms with Crippen LogP contribution in [0.3, 0.4) is 0 Å². The van der Waals surface area contributed by atoms with Gasteiger partial charge in [0.25, 0.3) is 0 Å². The number of carbonyl (C=O) groups is 1. The van der Waals surface area contributed by atoms with Crippen molar-refractivity contribution >= 4 is 5.97 Å². The van der Waals surface area contributed by atoms with Crippen LogP contribution in [0.15, 0.2) is 0 Å². The number of likely N-dealkylation sites (tertiary alicyclic amines) is 1. The van der Waals surface area contributed by atoms with Crippen LogP contribution >= 0.6 is 0 Å². The molecule has 17 heavy (non-hydrogen) atoms. The maximum absolute atomic E-state index is 11.1. The van der Waals surface area contributed by atoms with Gasteiger partial charge in [0.05, 0.1) is 12.0 Å². The molecule has 0 aromatic heterocycles. The summed E-state index contributed by atoms with van der Waals surface area (Å²) in [6, 6.07) is 0.607. The van der Waals surface area contributed by atoms with Crippen molar-refractivity contribution in [2.75, 3.05) is 19.6 Å². The third-order valence-electron chi connectivity index (χ3n) is 4.25. The molecule has 2 fully saturated rings. The number of rotatable bonds is 5. The fourth-order valence-corrected chi connectivity index (χ4v) is 3.38. The van der Waals surface area contributed by atoms with Crippen molar-refractivity contribution in [2.24, 2.45) is 0 Å². The Hall–Kier alpha value is -0.610. The van der Waals surface area contributed by atoms with Crippen molar-refractivity contribution in [3.63, 3.8) is 0 Å². The number of carboxylic acid groups (broad SMARTS) is 1. The average Bonchev–Trinajstić information content (AvgIpc) is 2.25. The zero-order chi connectivity index (χ0) is 12.3. The molecule has 0 radical (unpaired) electrons. The Balaban J connectivity index is 2.07. The van der Waals surface area contributed by atoms with Crippen molar-refractivity contribution in [1.29, 1.82) is 0 Å². The summed E-state index contributed by atoms with van der Waals surface area (Å²) in [5.74, 6) is -0.660. The van der Waals surface area contributed by atoms with E-state index in [1.165, 1.54) is 32.1 Å². The van der Waals surface area contributed by atoms with Crippen molar-refractivity contribution in [3.05, 3.63) is 0 Å². The molecule has 2 heterocycles. The molecule has 2 rings (SSSR count). The first-order chi connectivity index (χ1) is 8.18. The molecule has 0 aliphatic carbocycles. The maximum Gasteiger partial charge on any atom is 0.305 e. The van der Waals surface area contributed by atoms with E-state index in [0.29, 0.717) is 12.5 Å². The lowest BCUT2D eigenvalue weighted by molar-refractivity contribution is -0.143. The Bertz CT molecular complexity index is 275. The predicted octanol–water partition coefficient (Wildman–Crippen LogP) is 1.46. The second-order valence-corrected chi connectivity index (χ2v) is 5.53. The topological polar surface area (TPSA) is 52.6 Å². The number of nitrogens with zero attached hydrogens (tertiary/aromatic N) is 1. The van der Waals surface area contributed by atoms with Gasteiger partial charge < -0.3 is 10.4 Å². The van der Waals surface area contributed by atoms with E-state index in [1.807, 2.05) is 0 Å². The molecular formula is C13H24N2O2. The molecule has 0 amide bonds. The summed E-state index contributed by atoms with van der Waals surface area (Å²) in [6.07, 6.45) is 6.47. The zero-order valence-electron chi connectivity index (χ0n) is 10.7. The summed E-state index contributed by atoms with van der Waals surface area (Å²) in [7, 11) is 0. The Morgan fingerprint density at radius 2 is 2.24 bits per heavy atom. The van der Waals surface area contributed by atoms with Gasteiger partial charge in [0.1, 0.15) is 0 Å². The van der Waals surface area contributed by atoms with E-state index in [1.54, 1.807) is 0 Å². The van der Waals surface area contributed by atoms with Gasteiger partial charge in [-0.05, 0) is 25.8 Å². The molecule has 98 valence electrons. The minimum Gasteiger partial charge on any atom is -0.481 e. The fourth-order valence-electron chi connectivity index (χ4n) is 3.38. The summed E-state index contributed by atoms with van der Waals surface area (Å²) in [6.45, 7) is 4.99. The molecule has 2 aliphatic rings. The number of hydrogen-bond acceptors (Lipinski definition) is 3. The van der Waals surface area contributed by atoms with Gasteiger partial charge in [0.15, 0.2) is 0 Å². The SMILES string of the molecule is CCCC1CCCCN1C1(CC(=O)O)CNC1. The molecule has 2 saturated heterocycles. The van der Waals surface area contributed by atoms with Crippen molar-refractivity contribution in [1.82, 2.24) is 10.2 Å². The largest absolute Gasteiger partial charge is 0.481 e. The second-order valence-electron chi connectivity index (χ2n) is 5.53. The molecule has 4 nitrogen and oxygen atoms in total. The lowest BCUT2D eigenvalue weighted by atomic mass is 9.82. The molecule has 4 heteroatoms. The van der Waals surface area contributed by atoms with Crippen LogP contribution in [0.25, 0.3) is 0 Å². The van der Waals surface area contributed by atoms with Gasteiger partial charge in [-0.15, -0.1) is 0 Å². The van der Waals surface area contributed by atoms with Crippen LogP contribution in [-0.4, -0.2) is 47.2 Å². The quantitative estimate of drug-likeness (QED) is 0.764. The van der Waals surface area contributed by atoms with Gasteiger partial charge in [0, 0.05) is 19.1 Å². The molecule has 0 bridgehead atoms. The highest BCUT2D eigenvalue weighted by atomic mass is 16.4. The van der Waals surface area contributed by atoms with Crippen LogP contribution in [0, 0.1) is 0 Å². The monoisotopic (exact) mass is 240 g/mol. The lowest BCUT2D eigenvalue weighted by Crippen LogP contribution is -2.72. The second kappa shape index (κ2) is 5.36. The fraction of sp³-hybridized carbons (Fsp3) is 0.923. The Morgan fingerprint density at radius 1 is 1.47 bits per heavy atom. The molecule has 0 spiro atoms. The van der Waals surface area contributed by atoms with E-state index in [0.717, 1.165) is 19.6 Å². The summed E-state index contributed by atoms with van der Waals surface area (Å²) < 4.78 is 0. The van der Waals surface area contributed by atoms with Crippen molar-refractivity contribution < 1.29 is 9.90 Å². The van der Waals surface area contributed by atoms with Crippen LogP contribution in [0.5, 0.6) is 0 Å². The maximum atomic E-state index is 11.1. The Morgan fingerprint density at radius 3 is 2.76 bits per heavy atom. The number of piperidine rings is 1. The summed E-state index contributed by atoms with van der Waals surface area (Å²) in [5.41, 5.74) is -0.0912. The smallest absolute Gasteiger partial charge is 0.305 e. The minimum atomic E-state index is -0.660. The molecule has 0 saturated carbocycles. The summed E-state index contributed by atoms with van der Waals surface area (Å²) in [4.78, 5) is 13.6. The Labute approximate surface area is 103 Å². The zero-order valence-corrected chi connectivity index (χ0v) is 10.7. The van der Waals surface area contributed by atoms with E-state index < -0.39 is 5.97 Å². The van der Waals surface area contributed by atoms with Crippen LogP contribution < -0.4 is 5.32 Å². The van der Waals surface area contributed by atoms with Crippen molar-refractivity contribution in [2.45, 2.75) is 57.0 Å². The van der Waals surface area contributed by atoms with E-state index in [4.69, 9.17) is 5.11 Å². The van der Waals surface area contributed by atoms with Gasteiger partial charge in [-0.3, -0.25) is 9.69 Å². The molecule has 1 unspecified atom stereocenters.